The molecule has 11 heteroatoms. The van der Waals surface area contributed by atoms with Crippen LogP contribution in [0.15, 0.2) is 52.9 Å². The number of hydrogen-bond acceptors (Lipinski definition) is 8. The van der Waals surface area contributed by atoms with Gasteiger partial charge >= 0.3 is 0 Å². The maximum Gasteiger partial charge on any atom is 0.291 e. The summed E-state index contributed by atoms with van der Waals surface area (Å²) in [5.41, 5.74) is 2.76. The molecule has 9 nitrogen and oxygen atoms in total. The topological polar surface area (TPSA) is 141 Å². The van der Waals surface area contributed by atoms with Crippen molar-refractivity contribution in [1.82, 2.24) is 19.9 Å². The highest BCUT2D eigenvalue weighted by molar-refractivity contribution is 7.87. The number of nitrogens with one attached hydrogen (secondary N) is 1. The van der Waals surface area contributed by atoms with Gasteiger partial charge in [0.05, 0.1) is 16.3 Å². The van der Waals surface area contributed by atoms with E-state index in [1.165, 1.54) is 18.3 Å². The summed E-state index contributed by atoms with van der Waals surface area (Å²) in [5.74, 6) is -0.880. The first-order chi connectivity index (χ1) is 13.8. The Labute approximate surface area is 169 Å². The fraction of sp³-hybridized carbons (Fsp3) is 0.111. The van der Waals surface area contributed by atoms with Crippen molar-refractivity contribution in [2.75, 3.05) is 0 Å². The quantitative estimate of drug-likeness (QED) is 0.448. The Kier molecular flexibility index (Phi) is 4.96. The molecule has 0 bridgehead atoms. The number of ketones is 1. The van der Waals surface area contributed by atoms with Gasteiger partial charge in [-0.3, -0.25) is 4.79 Å². The second-order valence-electron chi connectivity index (χ2n) is 6.23. The predicted octanol–water partition coefficient (Wildman–Crippen LogP) is 2.43. The molecular formula is C18H15N5O4S2. The summed E-state index contributed by atoms with van der Waals surface area (Å²) < 4.78 is 30.5. The Morgan fingerprint density at radius 3 is 2.62 bits per heavy atom. The van der Waals surface area contributed by atoms with Crippen molar-refractivity contribution in [1.29, 1.82) is 0 Å². The maximum atomic E-state index is 12.7. The van der Waals surface area contributed by atoms with Gasteiger partial charge in [0.1, 0.15) is 0 Å². The third-order valence-electron chi connectivity index (χ3n) is 4.04. The van der Waals surface area contributed by atoms with Crippen LogP contribution in [0.5, 0.6) is 0 Å². The van der Waals surface area contributed by atoms with Crippen LogP contribution in [-0.4, -0.2) is 29.4 Å². The molecule has 0 aliphatic heterocycles. The number of rotatable bonds is 6. The highest BCUT2D eigenvalue weighted by atomic mass is 32.2. The van der Waals surface area contributed by atoms with Gasteiger partial charge in [0.15, 0.2) is 5.01 Å². The van der Waals surface area contributed by atoms with Crippen molar-refractivity contribution in [3.05, 3.63) is 65.3 Å². The second-order valence-corrected chi connectivity index (χ2v) is 8.58. The minimum Gasteiger partial charge on any atom is -0.416 e. The molecule has 29 heavy (non-hydrogen) atoms. The fourth-order valence-corrected chi connectivity index (χ4v) is 4.25. The van der Waals surface area contributed by atoms with Gasteiger partial charge in [-0.1, -0.05) is 36.4 Å². The van der Waals surface area contributed by atoms with Gasteiger partial charge in [0.25, 0.3) is 21.9 Å². The molecule has 4 rings (SSSR count). The van der Waals surface area contributed by atoms with Crippen LogP contribution in [0.1, 0.15) is 34.5 Å². The highest BCUT2D eigenvalue weighted by Crippen LogP contribution is 2.29. The molecule has 148 valence electrons. The summed E-state index contributed by atoms with van der Waals surface area (Å²) in [7, 11) is -3.95. The number of fused-ring (bicyclic) bond motifs is 1. The van der Waals surface area contributed by atoms with Gasteiger partial charge in [-0.2, -0.15) is 13.1 Å². The molecule has 2 heterocycles. The molecule has 2 aromatic carbocycles. The molecule has 0 fully saturated rings. The fourth-order valence-electron chi connectivity index (χ4n) is 2.72. The molecule has 3 N–H and O–H groups in total. The van der Waals surface area contributed by atoms with E-state index in [2.05, 4.69) is 19.9 Å². The van der Waals surface area contributed by atoms with E-state index in [1.54, 1.807) is 0 Å². The minimum absolute atomic E-state index is 0.0742. The van der Waals surface area contributed by atoms with E-state index in [-0.39, 0.29) is 16.8 Å². The number of nitrogens with zero attached hydrogens (tertiary/aromatic N) is 3. The van der Waals surface area contributed by atoms with Gasteiger partial charge in [-0.15, -0.1) is 21.5 Å². The van der Waals surface area contributed by atoms with Crippen molar-refractivity contribution >= 4 is 37.5 Å². The van der Waals surface area contributed by atoms with Crippen LogP contribution < -0.4 is 9.86 Å². The lowest BCUT2D eigenvalue weighted by Crippen LogP contribution is -2.33. The summed E-state index contributed by atoms with van der Waals surface area (Å²) >= 11 is 1.22. The lowest BCUT2D eigenvalue weighted by Gasteiger charge is -2.05. The summed E-state index contributed by atoms with van der Waals surface area (Å²) in [6.07, 6.45) is 0. The van der Waals surface area contributed by atoms with Crippen molar-refractivity contribution in [2.45, 2.75) is 13.0 Å². The van der Waals surface area contributed by atoms with Crippen molar-refractivity contribution in [2.24, 2.45) is 5.14 Å². The van der Waals surface area contributed by atoms with E-state index in [9.17, 15) is 13.2 Å². The van der Waals surface area contributed by atoms with E-state index in [1.807, 2.05) is 48.5 Å². The molecule has 0 saturated heterocycles. The van der Waals surface area contributed by atoms with E-state index >= 15 is 0 Å². The van der Waals surface area contributed by atoms with Crippen molar-refractivity contribution in [3.63, 3.8) is 0 Å². The third kappa shape index (κ3) is 4.22. The lowest BCUT2D eigenvalue weighted by molar-refractivity contribution is 0.1000. The molecule has 0 saturated carbocycles. The average molecular weight is 429 g/mol. The number of benzene rings is 2. The molecule has 0 radical (unpaired) electrons. The zero-order valence-corrected chi connectivity index (χ0v) is 16.7. The first-order valence-electron chi connectivity index (χ1n) is 8.44. The van der Waals surface area contributed by atoms with Crippen LogP contribution in [-0.2, 0) is 10.2 Å². The number of carbonyl (C=O) groups excluding carboxylic acids is 1. The van der Waals surface area contributed by atoms with Crippen LogP contribution in [0.3, 0.4) is 0 Å². The van der Waals surface area contributed by atoms with Gasteiger partial charge in [0, 0.05) is 0 Å². The number of thiazole rings is 1. The zero-order chi connectivity index (χ0) is 20.6. The molecule has 2 aromatic heterocycles. The van der Waals surface area contributed by atoms with Crippen molar-refractivity contribution < 1.29 is 17.6 Å². The Bertz CT molecular complexity index is 1300. The zero-order valence-electron chi connectivity index (χ0n) is 15.1. The molecule has 1 atom stereocenters. The van der Waals surface area contributed by atoms with Gasteiger partial charge in [0.2, 0.25) is 5.89 Å². The average Bonchev–Trinajstić information content (AvgIpc) is 3.33. The van der Waals surface area contributed by atoms with E-state index in [0.29, 0.717) is 5.52 Å². The summed E-state index contributed by atoms with van der Waals surface area (Å²) in [5, 5.41) is 12.5. The number of hydrogen-bond donors (Lipinski definition) is 2. The van der Waals surface area contributed by atoms with Gasteiger partial charge in [-0.05, 0) is 30.2 Å². The van der Waals surface area contributed by atoms with Crippen LogP contribution in [0.2, 0.25) is 0 Å². The van der Waals surface area contributed by atoms with Crippen LogP contribution >= 0.6 is 11.3 Å². The summed E-state index contributed by atoms with van der Waals surface area (Å²) in [6, 6.07) is 14.8. The first kappa shape index (κ1) is 19.3. The maximum absolute atomic E-state index is 12.7. The minimum atomic E-state index is -3.95. The summed E-state index contributed by atoms with van der Waals surface area (Å²) in [6.45, 7) is 1.47. The predicted molar refractivity (Wildman–Crippen MR) is 107 cm³/mol. The smallest absolute Gasteiger partial charge is 0.291 e. The van der Waals surface area contributed by atoms with Crippen molar-refractivity contribution in [3.8, 4) is 11.1 Å². The van der Waals surface area contributed by atoms with E-state index in [0.717, 1.165) is 15.8 Å². The lowest BCUT2D eigenvalue weighted by atomic mass is 10.1. The van der Waals surface area contributed by atoms with Gasteiger partial charge in [-0.25, -0.2) is 10.1 Å². The molecule has 0 aliphatic carbocycles. The van der Waals surface area contributed by atoms with E-state index < -0.39 is 22.0 Å². The van der Waals surface area contributed by atoms with Gasteiger partial charge < -0.3 is 4.42 Å². The van der Waals surface area contributed by atoms with Crippen LogP contribution in [0.4, 0.5) is 0 Å². The molecule has 0 spiro atoms. The Balaban J connectivity index is 1.61. The van der Waals surface area contributed by atoms with E-state index in [4.69, 9.17) is 9.56 Å². The molecule has 0 aliphatic rings. The normalized spacial score (nSPS) is 12.9. The Morgan fingerprint density at radius 1 is 1.14 bits per heavy atom. The SMILES string of the molecule is C[C@H](NS(N)(=O)=O)c1nnc(C(=O)c2nc3ccc(-c4ccccc4)cc3s2)o1. The Hall–Kier alpha value is -2.99. The highest BCUT2D eigenvalue weighted by Gasteiger charge is 2.24. The Morgan fingerprint density at radius 2 is 1.90 bits per heavy atom. The molecule has 0 unspecified atom stereocenters. The standard InChI is InChI=1S/C18H15N5O4S2/c1-10(23-29(19,25)26)16-21-22-17(27-16)15(24)18-20-13-8-7-12(9-14(13)28-18)11-5-3-2-4-6-11/h2-10,23H,1H3,(H2,19,25,26)/t10-/m0/s1. The summed E-state index contributed by atoms with van der Waals surface area (Å²) in [4.78, 5) is 17.0. The number of aromatic nitrogens is 3. The molecule has 4 aromatic rings. The van der Waals surface area contributed by atoms with Crippen LogP contribution in [0.25, 0.3) is 21.3 Å². The largest absolute Gasteiger partial charge is 0.416 e. The number of nitrogens with two attached hydrogens (primary N) is 1. The second kappa shape index (κ2) is 7.44. The van der Waals surface area contributed by atoms with Crippen LogP contribution in [0, 0.1) is 0 Å². The molecule has 0 amide bonds. The molecular weight excluding hydrogens is 414 g/mol. The first-order valence-corrected chi connectivity index (χ1v) is 10.8. The monoisotopic (exact) mass is 429 g/mol. The third-order valence-corrected chi connectivity index (χ3v) is 5.74. The number of carbonyl (C=O) groups is 1.